The Bertz CT molecular complexity index is 462. The van der Waals surface area contributed by atoms with Gasteiger partial charge in [-0.1, -0.05) is 63.3 Å². The molecule has 0 aliphatic heterocycles. The average Bonchev–Trinajstić information content (AvgIpc) is 2.66. The number of hydrogen-bond donors (Lipinski definition) is 0. The third kappa shape index (κ3) is 3.03. The summed E-state index contributed by atoms with van der Waals surface area (Å²) in [5, 5.41) is 0. The summed E-state index contributed by atoms with van der Waals surface area (Å²) in [6, 6.07) is 0. The summed E-state index contributed by atoms with van der Waals surface area (Å²) in [5.74, 6) is 0.451. The Labute approximate surface area is 124 Å². The lowest BCUT2D eigenvalue weighted by Crippen LogP contribution is -2.35. The summed E-state index contributed by atoms with van der Waals surface area (Å²) < 4.78 is 0. The maximum atomic E-state index is 11.5. The Kier molecular flexibility index (Phi) is 5.33. The fourth-order valence-corrected chi connectivity index (χ4v) is 3.28. The van der Waals surface area contributed by atoms with Gasteiger partial charge in [-0.2, -0.15) is 0 Å². The summed E-state index contributed by atoms with van der Waals surface area (Å²) in [4.78, 5) is 11.5. The summed E-state index contributed by atoms with van der Waals surface area (Å²) in [7, 11) is 0. The van der Waals surface area contributed by atoms with Gasteiger partial charge in [0.25, 0.3) is 0 Å². The van der Waals surface area contributed by atoms with Crippen LogP contribution in [0.5, 0.6) is 0 Å². The molecule has 2 unspecified atom stereocenters. The summed E-state index contributed by atoms with van der Waals surface area (Å²) in [6.45, 7) is 14.6. The van der Waals surface area contributed by atoms with Crippen LogP contribution in [-0.2, 0) is 4.79 Å². The smallest absolute Gasteiger partial charge is 0.126 e. The molecule has 2 atom stereocenters. The first-order valence-electron chi connectivity index (χ1n) is 7.42. The van der Waals surface area contributed by atoms with Crippen LogP contribution < -0.4 is 0 Å². The van der Waals surface area contributed by atoms with Crippen LogP contribution in [0.4, 0.5) is 0 Å². The van der Waals surface area contributed by atoms with Crippen LogP contribution in [0.15, 0.2) is 48.1 Å². The van der Waals surface area contributed by atoms with E-state index in [1.807, 2.05) is 25.2 Å². The van der Waals surface area contributed by atoms with E-state index in [2.05, 4.69) is 46.4 Å². The Balaban J connectivity index is 3.07. The van der Waals surface area contributed by atoms with E-state index in [-0.39, 0.29) is 10.8 Å². The molecule has 0 spiro atoms. The van der Waals surface area contributed by atoms with E-state index < -0.39 is 0 Å². The molecular formula is C19H28O. The van der Waals surface area contributed by atoms with Crippen LogP contribution in [0.1, 0.15) is 47.5 Å². The highest BCUT2D eigenvalue weighted by atomic mass is 16.1. The molecule has 1 heteroatoms. The minimum Gasteiger partial charge on any atom is -0.303 e. The lowest BCUT2D eigenvalue weighted by molar-refractivity contribution is -0.120. The van der Waals surface area contributed by atoms with E-state index in [0.29, 0.717) is 5.92 Å². The topological polar surface area (TPSA) is 17.1 Å². The lowest BCUT2D eigenvalue weighted by atomic mass is 9.65. The standard InChI is InChI=1S/C19H28O/c1-7-9-10-16(8-2)13-15(3)17-11-12-19(6,14-20)18(17,4)5/h7-10,13-14,17H,2,11-12H2,1,3-6H3/b9-7-,15-13-,16-10+. The molecule has 1 aliphatic carbocycles. The predicted octanol–water partition coefficient (Wildman–Crippen LogP) is 5.26. The highest BCUT2D eigenvalue weighted by molar-refractivity contribution is 5.61. The first kappa shape index (κ1) is 16.7. The van der Waals surface area contributed by atoms with Gasteiger partial charge < -0.3 is 4.79 Å². The average molecular weight is 272 g/mol. The van der Waals surface area contributed by atoms with Gasteiger partial charge in [-0.05, 0) is 43.6 Å². The molecule has 0 aromatic heterocycles. The molecule has 1 fully saturated rings. The van der Waals surface area contributed by atoms with Crippen molar-refractivity contribution in [3.63, 3.8) is 0 Å². The van der Waals surface area contributed by atoms with Gasteiger partial charge in [-0.3, -0.25) is 0 Å². The molecule has 0 aromatic rings. The quantitative estimate of drug-likeness (QED) is 0.492. The van der Waals surface area contributed by atoms with E-state index in [1.54, 1.807) is 0 Å². The van der Waals surface area contributed by atoms with Crippen molar-refractivity contribution < 1.29 is 4.79 Å². The van der Waals surface area contributed by atoms with Crippen molar-refractivity contribution in [2.75, 3.05) is 0 Å². The van der Waals surface area contributed by atoms with Gasteiger partial charge in [0.15, 0.2) is 0 Å². The molecule has 0 heterocycles. The van der Waals surface area contributed by atoms with E-state index in [9.17, 15) is 4.79 Å². The van der Waals surface area contributed by atoms with Crippen molar-refractivity contribution in [1.82, 2.24) is 0 Å². The molecular weight excluding hydrogens is 244 g/mol. The van der Waals surface area contributed by atoms with E-state index in [1.165, 1.54) is 5.57 Å². The SMILES string of the molecule is C=CC(/C=C(/C)C1CCC(C)(C=O)C1(C)C)=C\C=C/C. The Morgan fingerprint density at radius 3 is 2.40 bits per heavy atom. The fourth-order valence-electron chi connectivity index (χ4n) is 3.28. The van der Waals surface area contributed by atoms with E-state index >= 15 is 0 Å². The number of rotatable bonds is 5. The van der Waals surface area contributed by atoms with Crippen molar-refractivity contribution in [2.45, 2.75) is 47.5 Å². The Morgan fingerprint density at radius 1 is 1.30 bits per heavy atom. The second-order valence-electron chi connectivity index (χ2n) is 6.63. The number of aldehydes is 1. The molecule has 1 aliphatic rings. The monoisotopic (exact) mass is 272 g/mol. The highest BCUT2D eigenvalue weighted by Crippen LogP contribution is 2.57. The van der Waals surface area contributed by atoms with Gasteiger partial charge >= 0.3 is 0 Å². The third-order valence-corrected chi connectivity index (χ3v) is 5.22. The molecule has 110 valence electrons. The maximum absolute atomic E-state index is 11.5. The summed E-state index contributed by atoms with van der Waals surface area (Å²) in [6.07, 6.45) is 13.4. The van der Waals surface area contributed by atoms with Crippen LogP contribution in [0.3, 0.4) is 0 Å². The molecule has 0 aromatic carbocycles. The molecule has 0 amide bonds. The second-order valence-corrected chi connectivity index (χ2v) is 6.63. The van der Waals surface area contributed by atoms with E-state index in [4.69, 9.17) is 0 Å². The zero-order valence-corrected chi connectivity index (χ0v) is 13.6. The Morgan fingerprint density at radius 2 is 1.95 bits per heavy atom. The number of carbonyl (C=O) groups is 1. The molecule has 1 nitrogen and oxygen atoms in total. The number of carbonyl (C=O) groups excluding carboxylic acids is 1. The van der Waals surface area contributed by atoms with Crippen molar-refractivity contribution in [2.24, 2.45) is 16.7 Å². The van der Waals surface area contributed by atoms with Crippen LogP contribution in [-0.4, -0.2) is 6.29 Å². The third-order valence-electron chi connectivity index (χ3n) is 5.22. The van der Waals surface area contributed by atoms with Gasteiger partial charge in [-0.25, -0.2) is 0 Å². The zero-order valence-electron chi connectivity index (χ0n) is 13.6. The van der Waals surface area contributed by atoms with Gasteiger partial charge in [0.2, 0.25) is 0 Å². The molecule has 1 rings (SSSR count). The van der Waals surface area contributed by atoms with Gasteiger partial charge in [0.1, 0.15) is 6.29 Å². The maximum Gasteiger partial charge on any atom is 0.126 e. The van der Waals surface area contributed by atoms with Crippen molar-refractivity contribution in [3.05, 3.63) is 48.1 Å². The van der Waals surface area contributed by atoms with Crippen LogP contribution in [0, 0.1) is 16.7 Å². The molecule has 0 bridgehead atoms. The minimum absolute atomic E-state index is 0.00219. The number of allylic oxidation sites excluding steroid dienone is 7. The molecule has 0 saturated heterocycles. The Hall–Kier alpha value is -1.37. The van der Waals surface area contributed by atoms with Crippen LogP contribution in [0.25, 0.3) is 0 Å². The second kappa shape index (κ2) is 6.39. The van der Waals surface area contributed by atoms with E-state index in [0.717, 1.165) is 24.7 Å². The molecule has 0 N–H and O–H groups in total. The number of hydrogen-bond acceptors (Lipinski definition) is 1. The molecule has 0 radical (unpaired) electrons. The highest BCUT2D eigenvalue weighted by Gasteiger charge is 2.51. The van der Waals surface area contributed by atoms with Gasteiger partial charge in [0, 0.05) is 5.41 Å². The van der Waals surface area contributed by atoms with Crippen molar-refractivity contribution in [3.8, 4) is 0 Å². The van der Waals surface area contributed by atoms with Gasteiger partial charge in [0.05, 0.1) is 0 Å². The summed E-state index contributed by atoms with van der Waals surface area (Å²) >= 11 is 0. The normalized spacial score (nSPS) is 30.8. The van der Waals surface area contributed by atoms with Crippen molar-refractivity contribution in [1.29, 1.82) is 0 Å². The summed E-state index contributed by atoms with van der Waals surface area (Å²) in [5.41, 5.74) is 2.25. The predicted molar refractivity (Wildman–Crippen MR) is 87.5 cm³/mol. The minimum atomic E-state index is -0.214. The van der Waals surface area contributed by atoms with Crippen LogP contribution in [0.2, 0.25) is 0 Å². The zero-order chi connectivity index (χ0) is 15.4. The van der Waals surface area contributed by atoms with Gasteiger partial charge in [-0.15, -0.1) is 0 Å². The molecule has 1 saturated carbocycles. The fraction of sp³-hybridized carbons (Fsp3) is 0.526. The molecule has 20 heavy (non-hydrogen) atoms. The lowest BCUT2D eigenvalue weighted by Gasteiger charge is -2.38. The van der Waals surface area contributed by atoms with Crippen LogP contribution >= 0.6 is 0 Å². The first-order valence-corrected chi connectivity index (χ1v) is 7.42. The largest absolute Gasteiger partial charge is 0.303 e. The van der Waals surface area contributed by atoms with Crippen molar-refractivity contribution >= 4 is 6.29 Å². The first-order chi connectivity index (χ1) is 9.32.